The Morgan fingerprint density at radius 3 is 2.61 bits per heavy atom. The second kappa shape index (κ2) is 3.78. The predicted octanol–water partition coefficient (Wildman–Crippen LogP) is 2.36. The second-order valence-corrected chi connectivity index (χ2v) is 4.48. The van der Waals surface area contributed by atoms with Crippen molar-refractivity contribution in [3.05, 3.63) is 28.1 Å². The maximum Gasteiger partial charge on any atom is 0.207 e. The van der Waals surface area contributed by atoms with E-state index in [-0.39, 0.29) is 0 Å². The fourth-order valence-electron chi connectivity index (χ4n) is 1.73. The molecule has 7 heteroatoms. The minimum atomic E-state index is 0.432. The van der Waals surface area contributed by atoms with Gasteiger partial charge in [0.05, 0.1) is 0 Å². The lowest BCUT2D eigenvalue weighted by atomic mass is 10.2. The van der Waals surface area contributed by atoms with E-state index in [0.29, 0.717) is 28.1 Å². The van der Waals surface area contributed by atoms with Gasteiger partial charge < -0.3 is 4.52 Å². The van der Waals surface area contributed by atoms with E-state index in [1.54, 1.807) is 10.6 Å². The van der Waals surface area contributed by atoms with E-state index in [9.17, 15) is 0 Å². The van der Waals surface area contributed by atoms with Crippen molar-refractivity contribution in [1.29, 1.82) is 0 Å². The number of rotatable bonds is 1. The largest absolute Gasteiger partial charge is 0.361 e. The summed E-state index contributed by atoms with van der Waals surface area (Å²) in [6, 6.07) is 1.78. The highest BCUT2D eigenvalue weighted by Gasteiger charge is 2.17. The zero-order chi connectivity index (χ0) is 12.9. The summed E-state index contributed by atoms with van der Waals surface area (Å²) in [6.45, 7) is 5.65. The van der Waals surface area contributed by atoms with Gasteiger partial charge in [0, 0.05) is 11.6 Å². The van der Waals surface area contributed by atoms with Crippen LogP contribution in [0.25, 0.3) is 17.2 Å². The van der Waals surface area contributed by atoms with E-state index >= 15 is 0 Å². The van der Waals surface area contributed by atoms with Gasteiger partial charge in [-0.3, -0.25) is 0 Å². The van der Waals surface area contributed by atoms with Crippen LogP contribution in [0.5, 0.6) is 0 Å². The van der Waals surface area contributed by atoms with E-state index in [1.165, 1.54) is 0 Å². The van der Waals surface area contributed by atoms with Crippen molar-refractivity contribution in [3.8, 4) is 11.5 Å². The number of hydrogen-bond acceptors (Lipinski definition) is 5. The van der Waals surface area contributed by atoms with Crippen LogP contribution in [0, 0.1) is 20.8 Å². The Balaban J connectivity index is 2.33. The lowest BCUT2D eigenvalue weighted by molar-refractivity contribution is 0.399. The van der Waals surface area contributed by atoms with Crippen molar-refractivity contribution in [1.82, 2.24) is 25.0 Å². The highest BCUT2D eigenvalue weighted by Crippen LogP contribution is 2.23. The van der Waals surface area contributed by atoms with Crippen LogP contribution in [0.4, 0.5) is 0 Å². The fraction of sp³-hybridized carbons (Fsp3) is 0.273. The summed E-state index contributed by atoms with van der Waals surface area (Å²) in [5.41, 5.74) is 3.12. The van der Waals surface area contributed by atoms with Crippen molar-refractivity contribution in [2.24, 2.45) is 0 Å². The van der Waals surface area contributed by atoms with Gasteiger partial charge in [0.25, 0.3) is 0 Å². The van der Waals surface area contributed by atoms with E-state index in [0.717, 1.165) is 11.1 Å². The third-order valence-corrected chi connectivity index (χ3v) is 3.25. The summed E-state index contributed by atoms with van der Waals surface area (Å²) in [7, 11) is 0. The lowest BCUT2D eigenvalue weighted by Crippen LogP contribution is -2.00. The summed E-state index contributed by atoms with van der Waals surface area (Å²) in [4.78, 5) is 0. The summed E-state index contributed by atoms with van der Waals surface area (Å²) >= 11 is 6.08. The molecule has 3 aromatic rings. The summed E-state index contributed by atoms with van der Waals surface area (Å²) in [6.07, 6.45) is 0. The highest BCUT2D eigenvalue weighted by molar-refractivity contribution is 6.30. The molecule has 0 fully saturated rings. The third-order valence-electron chi connectivity index (χ3n) is 2.89. The van der Waals surface area contributed by atoms with Crippen molar-refractivity contribution >= 4 is 17.2 Å². The van der Waals surface area contributed by atoms with Gasteiger partial charge in [0.1, 0.15) is 5.76 Å². The smallest absolute Gasteiger partial charge is 0.207 e. The average Bonchev–Trinajstić information content (AvgIpc) is 2.92. The third kappa shape index (κ3) is 1.49. The molecular formula is C11H10ClN5O. The molecule has 0 unspecified atom stereocenters. The highest BCUT2D eigenvalue weighted by atomic mass is 35.5. The zero-order valence-electron chi connectivity index (χ0n) is 10.1. The summed E-state index contributed by atoms with van der Waals surface area (Å²) in [5, 5.41) is 16.8. The first-order valence-corrected chi connectivity index (χ1v) is 5.77. The molecule has 6 nitrogen and oxygen atoms in total. The molecule has 0 bridgehead atoms. The molecule has 92 valence electrons. The minimum absolute atomic E-state index is 0.432. The number of nitrogens with zero attached hydrogens (tertiary/aromatic N) is 5. The van der Waals surface area contributed by atoms with E-state index in [2.05, 4.69) is 20.5 Å². The van der Waals surface area contributed by atoms with Crippen LogP contribution in [0.1, 0.15) is 16.9 Å². The molecule has 0 aliphatic heterocycles. The standard InChI is InChI=1S/C11H10ClN5O/c1-5-4-8(16-18-5)11-14-13-10-7(3)6(2)9(12)15-17(10)11/h4H,1-3H3. The second-order valence-electron chi connectivity index (χ2n) is 4.12. The van der Waals surface area contributed by atoms with E-state index < -0.39 is 0 Å². The fourth-order valence-corrected chi connectivity index (χ4v) is 1.94. The van der Waals surface area contributed by atoms with Gasteiger partial charge in [-0.05, 0) is 26.3 Å². The average molecular weight is 264 g/mol. The molecule has 0 atom stereocenters. The van der Waals surface area contributed by atoms with Gasteiger partial charge in [-0.15, -0.1) is 10.2 Å². The Morgan fingerprint density at radius 2 is 1.94 bits per heavy atom. The first-order valence-electron chi connectivity index (χ1n) is 5.39. The predicted molar refractivity (Wildman–Crippen MR) is 65.5 cm³/mol. The number of hydrogen-bond donors (Lipinski definition) is 0. The molecule has 0 aliphatic rings. The normalized spacial score (nSPS) is 11.3. The number of halogens is 1. The van der Waals surface area contributed by atoms with Crippen LogP contribution in [0.3, 0.4) is 0 Å². The maximum absolute atomic E-state index is 6.08. The zero-order valence-corrected chi connectivity index (χ0v) is 10.9. The number of aromatic nitrogens is 5. The van der Waals surface area contributed by atoms with Gasteiger partial charge in [-0.25, -0.2) is 0 Å². The molecule has 0 spiro atoms. The molecule has 0 saturated heterocycles. The van der Waals surface area contributed by atoms with Crippen LogP contribution in [-0.2, 0) is 0 Å². The van der Waals surface area contributed by atoms with Gasteiger partial charge in [-0.1, -0.05) is 16.8 Å². The molecule has 18 heavy (non-hydrogen) atoms. The molecule has 3 aromatic heterocycles. The van der Waals surface area contributed by atoms with Crippen molar-refractivity contribution in [3.63, 3.8) is 0 Å². The first kappa shape index (κ1) is 11.2. The first-order chi connectivity index (χ1) is 8.58. The van der Waals surface area contributed by atoms with Crippen molar-refractivity contribution < 1.29 is 4.52 Å². The van der Waals surface area contributed by atoms with E-state index in [4.69, 9.17) is 16.1 Å². The van der Waals surface area contributed by atoms with Crippen LogP contribution in [0.15, 0.2) is 10.6 Å². The summed E-state index contributed by atoms with van der Waals surface area (Å²) in [5.74, 6) is 1.23. The molecule has 0 aromatic carbocycles. The van der Waals surface area contributed by atoms with Gasteiger partial charge in [0.15, 0.2) is 16.5 Å². The van der Waals surface area contributed by atoms with Crippen LogP contribution in [-0.4, -0.2) is 25.0 Å². The van der Waals surface area contributed by atoms with Crippen molar-refractivity contribution in [2.45, 2.75) is 20.8 Å². The van der Waals surface area contributed by atoms with Gasteiger partial charge in [0.2, 0.25) is 5.82 Å². The SMILES string of the molecule is Cc1cc(-c2nnc3c(C)c(C)c(Cl)nn23)no1. The Kier molecular flexibility index (Phi) is 2.34. The molecule has 0 radical (unpaired) electrons. The van der Waals surface area contributed by atoms with Crippen LogP contribution in [0.2, 0.25) is 5.15 Å². The Hall–Kier alpha value is -1.95. The van der Waals surface area contributed by atoms with Crippen LogP contribution >= 0.6 is 11.6 Å². The molecule has 0 saturated carbocycles. The molecular weight excluding hydrogens is 254 g/mol. The Morgan fingerprint density at radius 1 is 1.17 bits per heavy atom. The van der Waals surface area contributed by atoms with Crippen LogP contribution < -0.4 is 0 Å². The Bertz CT molecular complexity index is 745. The minimum Gasteiger partial charge on any atom is -0.361 e. The number of fused-ring (bicyclic) bond motifs is 1. The topological polar surface area (TPSA) is 69.1 Å². The molecule has 3 rings (SSSR count). The Labute approximate surface area is 108 Å². The monoisotopic (exact) mass is 263 g/mol. The molecule has 3 heterocycles. The molecule has 0 amide bonds. The quantitative estimate of drug-likeness (QED) is 0.674. The molecule has 0 N–H and O–H groups in total. The van der Waals surface area contributed by atoms with Crippen molar-refractivity contribution in [2.75, 3.05) is 0 Å². The van der Waals surface area contributed by atoms with Gasteiger partial charge in [-0.2, -0.15) is 9.61 Å². The maximum atomic E-state index is 6.08. The van der Waals surface area contributed by atoms with Gasteiger partial charge >= 0.3 is 0 Å². The lowest BCUT2D eigenvalue weighted by Gasteiger charge is -2.03. The molecule has 0 aliphatic carbocycles. The summed E-state index contributed by atoms with van der Waals surface area (Å²) < 4.78 is 6.61. The number of aryl methyl sites for hydroxylation is 2. The van der Waals surface area contributed by atoms with E-state index in [1.807, 2.05) is 20.8 Å².